The van der Waals surface area contributed by atoms with E-state index < -0.39 is 0 Å². The maximum Gasteiger partial charge on any atom is 0.222 e. The number of hydrogen-bond donors (Lipinski definition) is 0. The van der Waals surface area contributed by atoms with Crippen molar-refractivity contribution in [2.75, 3.05) is 13.1 Å². The number of amides is 1. The summed E-state index contributed by atoms with van der Waals surface area (Å²) in [5, 5.41) is 1.13. The van der Waals surface area contributed by atoms with Crippen molar-refractivity contribution in [2.24, 2.45) is 7.05 Å². The lowest BCUT2D eigenvalue weighted by Crippen LogP contribution is -2.29. The zero-order chi connectivity index (χ0) is 17.2. The third-order valence-corrected chi connectivity index (χ3v) is 5.02. The standard InChI is InChI=1S/C20H22N4O/c1-23-13-11-21-20(23)16-10-12-24(14-16)19(25)9-8-17-7-6-15-4-2-3-5-18(15)22-17/h2-7,11,13,16H,8-10,12,14H2,1H3. The molecule has 128 valence electrons. The van der Waals surface area contributed by atoms with Crippen molar-refractivity contribution in [2.45, 2.75) is 25.2 Å². The Kier molecular flexibility index (Phi) is 4.22. The Bertz CT molecular complexity index is 901. The topological polar surface area (TPSA) is 51.0 Å². The van der Waals surface area contributed by atoms with Crippen LogP contribution in [0.2, 0.25) is 0 Å². The van der Waals surface area contributed by atoms with Crippen LogP contribution < -0.4 is 0 Å². The Hall–Kier alpha value is -2.69. The Morgan fingerprint density at radius 3 is 2.96 bits per heavy atom. The van der Waals surface area contributed by atoms with Gasteiger partial charge in [0.15, 0.2) is 0 Å². The Morgan fingerprint density at radius 2 is 2.12 bits per heavy atom. The third kappa shape index (κ3) is 3.27. The van der Waals surface area contributed by atoms with Crippen molar-refractivity contribution >= 4 is 16.8 Å². The number of aryl methyl sites for hydroxylation is 2. The van der Waals surface area contributed by atoms with Crippen LogP contribution in [0.4, 0.5) is 0 Å². The number of aromatic nitrogens is 3. The van der Waals surface area contributed by atoms with Gasteiger partial charge in [0.25, 0.3) is 0 Å². The molecular weight excluding hydrogens is 312 g/mol. The predicted molar refractivity (Wildman–Crippen MR) is 97.2 cm³/mol. The molecule has 1 aliphatic rings. The molecule has 1 aromatic carbocycles. The van der Waals surface area contributed by atoms with E-state index in [1.807, 2.05) is 48.6 Å². The fraction of sp³-hybridized carbons (Fsp3) is 0.350. The normalized spacial score (nSPS) is 17.3. The number of para-hydroxylation sites is 1. The summed E-state index contributed by atoms with van der Waals surface area (Å²) in [6, 6.07) is 12.2. The molecule has 5 nitrogen and oxygen atoms in total. The predicted octanol–water partition coefficient (Wildman–Crippen LogP) is 2.92. The van der Waals surface area contributed by atoms with Gasteiger partial charge in [-0.15, -0.1) is 0 Å². The van der Waals surface area contributed by atoms with E-state index in [1.54, 1.807) is 0 Å². The van der Waals surface area contributed by atoms with E-state index in [0.717, 1.165) is 41.9 Å². The van der Waals surface area contributed by atoms with Gasteiger partial charge in [0, 0.05) is 55.9 Å². The van der Waals surface area contributed by atoms with E-state index in [0.29, 0.717) is 18.8 Å². The summed E-state index contributed by atoms with van der Waals surface area (Å²) in [4.78, 5) is 23.6. The number of hydrogen-bond acceptors (Lipinski definition) is 3. The summed E-state index contributed by atoms with van der Waals surface area (Å²) in [5.74, 6) is 1.64. The molecule has 1 amide bonds. The molecule has 1 saturated heterocycles. The van der Waals surface area contributed by atoms with Crippen molar-refractivity contribution in [3.63, 3.8) is 0 Å². The number of benzene rings is 1. The second kappa shape index (κ2) is 6.67. The molecular formula is C20H22N4O. The van der Waals surface area contributed by atoms with Crippen molar-refractivity contribution < 1.29 is 4.79 Å². The minimum Gasteiger partial charge on any atom is -0.342 e. The highest BCUT2D eigenvalue weighted by atomic mass is 16.2. The highest BCUT2D eigenvalue weighted by Crippen LogP contribution is 2.26. The van der Waals surface area contributed by atoms with Crippen LogP contribution in [0.5, 0.6) is 0 Å². The Labute approximate surface area is 147 Å². The molecule has 5 heteroatoms. The number of carbonyl (C=O) groups is 1. The van der Waals surface area contributed by atoms with E-state index in [1.165, 1.54) is 0 Å². The lowest BCUT2D eigenvalue weighted by molar-refractivity contribution is -0.130. The molecule has 0 bridgehead atoms. The van der Waals surface area contributed by atoms with Gasteiger partial charge in [0.2, 0.25) is 5.91 Å². The zero-order valence-corrected chi connectivity index (χ0v) is 14.4. The van der Waals surface area contributed by atoms with Crippen LogP contribution in [0.15, 0.2) is 48.8 Å². The molecule has 1 atom stereocenters. The third-order valence-electron chi connectivity index (χ3n) is 5.02. The average molecular weight is 334 g/mol. The molecule has 3 aromatic rings. The average Bonchev–Trinajstić information content (AvgIpc) is 3.28. The van der Waals surface area contributed by atoms with Crippen LogP contribution in [0.3, 0.4) is 0 Å². The van der Waals surface area contributed by atoms with Gasteiger partial charge in [0.05, 0.1) is 5.52 Å². The number of likely N-dealkylation sites (tertiary alicyclic amines) is 1. The fourth-order valence-corrected chi connectivity index (χ4v) is 3.61. The summed E-state index contributed by atoms with van der Waals surface area (Å²) in [6.45, 7) is 1.59. The molecule has 4 rings (SSSR count). The number of nitrogens with zero attached hydrogens (tertiary/aromatic N) is 4. The highest BCUT2D eigenvalue weighted by Gasteiger charge is 2.29. The molecule has 1 aliphatic heterocycles. The molecule has 0 aliphatic carbocycles. The van der Waals surface area contributed by atoms with Crippen molar-refractivity contribution in [1.29, 1.82) is 0 Å². The molecule has 25 heavy (non-hydrogen) atoms. The summed E-state index contributed by atoms with van der Waals surface area (Å²) in [6.07, 6.45) is 5.98. The van der Waals surface area contributed by atoms with Gasteiger partial charge in [-0.05, 0) is 25.0 Å². The molecule has 0 radical (unpaired) electrons. The van der Waals surface area contributed by atoms with Gasteiger partial charge in [-0.3, -0.25) is 9.78 Å². The second-order valence-electron chi connectivity index (χ2n) is 6.72. The van der Waals surface area contributed by atoms with Gasteiger partial charge in [0.1, 0.15) is 5.82 Å². The van der Waals surface area contributed by atoms with E-state index in [-0.39, 0.29) is 5.91 Å². The summed E-state index contributed by atoms with van der Waals surface area (Å²) in [7, 11) is 2.01. The van der Waals surface area contributed by atoms with E-state index in [9.17, 15) is 4.79 Å². The van der Waals surface area contributed by atoms with Crippen LogP contribution in [-0.4, -0.2) is 38.4 Å². The molecule has 3 heterocycles. The van der Waals surface area contributed by atoms with Crippen LogP contribution in [0.1, 0.15) is 30.3 Å². The van der Waals surface area contributed by atoms with Crippen LogP contribution in [0, 0.1) is 0 Å². The van der Waals surface area contributed by atoms with Gasteiger partial charge in [-0.2, -0.15) is 0 Å². The largest absolute Gasteiger partial charge is 0.342 e. The fourth-order valence-electron chi connectivity index (χ4n) is 3.61. The first kappa shape index (κ1) is 15.8. The quantitative estimate of drug-likeness (QED) is 0.737. The molecule has 0 saturated carbocycles. The van der Waals surface area contributed by atoms with Crippen LogP contribution in [0.25, 0.3) is 10.9 Å². The number of rotatable bonds is 4. The minimum absolute atomic E-state index is 0.215. The summed E-state index contributed by atoms with van der Waals surface area (Å²) < 4.78 is 2.05. The first-order chi connectivity index (χ1) is 12.2. The Morgan fingerprint density at radius 1 is 1.24 bits per heavy atom. The summed E-state index contributed by atoms with van der Waals surface area (Å²) in [5.41, 5.74) is 1.97. The molecule has 1 fully saturated rings. The second-order valence-corrected chi connectivity index (χ2v) is 6.72. The number of fused-ring (bicyclic) bond motifs is 1. The molecule has 2 aromatic heterocycles. The SMILES string of the molecule is Cn1ccnc1C1CCN(C(=O)CCc2ccc3ccccc3n2)C1. The Balaban J connectivity index is 1.36. The van der Waals surface area contributed by atoms with Gasteiger partial charge >= 0.3 is 0 Å². The number of imidazole rings is 1. The first-order valence-corrected chi connectivity index (χ1v) is 8.80. The lowest BCUT2D eigenvalue weighted by Gasteiger charge is -2.16. The maximum atomic E-state index is 12.6. The first-order valence-electron chi connectivity index (χ1n) is 8.80. The van der Waals surface area contributed by atoms with E-state index >= 15 is 0 Å². The number of carbonyl (C=O) groups excluding carboxylic acids is 1. The zero-order valence-electron chi connectivity index (χ0n) is 14.4. The molecule has 1 unspecified atom stereocenters. The van der Waals surface area contributed by atoms with Crippen molar-refractivity contribution in [1.82, 2.24) is 19.4 Å². The molecule has 0 N–H and O–H groups in total. The van der Waals surface area contributed by atoms with E-state index in [2.05, 4.69) is 26.7 Å². The van der Waals surface area contributed by atoms with Crippen molar-refractivity contribution in [3.8, 4) is 0 Å². The summed E-state index contributed by atoms with van der Waals surface area (Å²) >= 11 is 0. The van der Waals surface area contributed by atoms with Crippen molar-refractivity contribution in [3.05, 3.63) is 60.3 Å². The lowest BCUT2D eigenvalue weighted by atomic mass is 10.1. The van der Waals surface area contributed by atoms with Crippen LogP contribution >= 0.6 is 0 Å². The smallest absolute Gasteiger partial charge is 0.222 e. The minimum atomic E-state index is 0.215. The van der Waals surface area contributed by atoms with Gasteiger partial charge in [-0.25, -0.2) is 4.98 Å². The number of pyridine rings is 1. The molecule has 0 spiro atoms. The van der Waals surface area contributed by atoms with E-state index in [4.69, 9.17) is 0 Å². The van der Waals surface area contributed by atoms with Crippen LogP contribution in [-0.2, 0) is 18.3 Å². The maximum absolute atomic E-state index is 12.6. The monoisotopic (exact) mass is 334 g/mol. The van der Waals surface area contributed by atoms with Gasteiger partial charge in [-0.1, -0.05) is 24.3 Å². The van der Waals surface area contributed by atoms with Gasteiger partial charge < -0.3 is 9.47 Å². The highest BCUT2D eigenvalue weighted by molar-refractivity contribution is 5.79.